The van der Waals surface area contributed by atoms with Gasteiger partial charge in [-0.1, -0.05) is 36.8 Å². The molecule has 0 unspecified atom stereocenters. The first-order valence-corrected chi connectivity index (χ1v) is 10.9. The average Bonchev–Trinajstić information content (AvgIpc) is 3.05. The van der Waals surface area contributed by atoms with Crippen LogP contribution in [-0.2, 0) is 19.1 Å². The van der Waals surface area contributed by atoms with Gasteiger partial charge >= 0.3 is 5.97 Å². The lowest BCUT2D eigenvalue weighted by atomic mass is 9.78. The summed E-state index contributed by atoms with van der Waals surface area (Å²) in [7, 11) is 0. The Bertz CT molecular complexity index is 1150. The molecule has 0 spiro atoms. The number of aryl methyl sites for hydroxylation is 2. The molecule has 1 saturated heterocycles. The van der Waals surface area contributed by atoms with Gasteiger partial charge in [-0.2, -0.15) is 0 Å². The molecule has 2 aliphatic rings. The molecule has 7 heteroatoms. The summed E-state index contributed by atoms with van der Waals surface area (Å²) in [5, 5.41) is 2.73. The van der Waals surface area contributed by atoms with Crippen LogP contribution in [-0.4, -0.2) is 30.3 Å². The summed E-state index contributed by atoms with van der Waals surface area (Å²) >= 11 is 0. The third-order valence-corrected chi connectivity index (χ3v) is 6.22. The standard InChI is InChI=1S/C26H26N2O5/c1-15-7-12-21(17(3)13-15)27-22(29)14-33-26(32)18-8-10-19(11-9-18)28-24(30)20-6-4-5-16(2)23(20)25(28)31/h4-5,7-13,16,20,23H,6,14H2,1-3H3,(H,27,29)/t16-,20-,23-/m1/s1. The Morgan fingerprint density at radius 2 is 1.79 bits per heavy atom. The molecule has 1 aliphatic heterocycles. The van der Waals surface area contributed by atoms with Crippen LogP contribution in [0.15, 0.2) is 54.6 Å². The van der Waals surface area contributed by atoms with Gasteiger partial charge in [0.05, 0.1) is 23.1 Å². The Balaban J connectivity index is 1.37. The van der Waals surface area contributed by atoms with Gasteiger partial charge in [0.15, 0.2) is 6.61 Å². The molecule has 33 heavy (non-hydrogen) atoms. The number of allylic oxidation sites excluding steroid dienone is 2. The molecule has 1 fully saturated rings. The first-order chi connectivity index (χ1) is 15.8. The van der Waals surface area contributed by atoms with Crippen molar-refractivity contribution in [2.75, 3.05) is 16.8 Å². The highest BCUT2D eigenvalue weighted by Crippen LogP contribution is 2.40. The monoisotopic (exact) mass is 446 g/mol. The van der Waals surface area contributed by atoms with Crippen molar-refractivity contribution in [1.29, 1.82) is 0 Å². The molecule has 0 saturated carbocycles. The number of imide groups is 1. The predicted octanol–water partition coefficient (Wildman–Crippen LogP) is 3.80. The number of carbonyl (C=O) groups is 4. The molecule has 3 atom stereocenters. The van der Waals surface area contributed by atoms with Crippen LogP contribution in [0.3, 0.4) is 0 Å². The van der Waals surface area contributed by atoms with Gasteiger partial charge in [-0.15, -0.1) is 0 Å². The fourth-order valence-corrected chi connectivity index (χ4v) is 4.50. The molecule has 170 valence electrons. The van der Waals surface area contributed by atoms with E-state index in [1.54, 1.807) is 18.2 Å². The second-order valence-electron chi connectivity index (χ2n) is 8.66. The van der Waals surface area contributed by atoms with Gasteiger partial charge in [0.1, 0.15) is 0 Å². The minimum Gasteiger partial charge on any atom is -0.452 e. The molecular formula is C26H26N2O5. The molecule has 4 rings (SSSR count). The zero-order chi connectivity index (χ0) is 23.7. The summed E-state index contributed by atoms with van der Waals surface area (Å²) in [6, 6.07) is 11.7. The van der Waals surface area contributed by atoms with E-state index in [9.17, 15) is 19.2 Å². The van der Waals surface area contributed by atoms with Crippen LogP contribution in [0.5, 0.6) is 0 Å². The van der Waals surface area contributed by atoms with Crippen molar-refractivity contribution in [3.8, 4) is 0 Å². The van der Waals surface area contributed by atoms with Crippen LogP contribution in [0.1, 0.15) is 34.8 Å². The Morgan fingerprint density at radius 3 is 2.45 bits per heavy atom. The third-order valence-electron chi connectivity index (χ3n) is 6.22. The number of benzene rings is 2. The van der Waals surface area contributed by atoms with Crippen LogP contribution in [0.4, 0.5) is 11.4 Å². The van der Waals surface area contributed by atoms with Crippen LogP contribution >= 0.6 is 0 Å². The first-order valence-electron chi connectivity index (χ1n) is 10.9. The number of esters is 1. The van der Waals surface area contributed by atoms with Crippen LogP contribution < -0.4 is 10.2 Å². The number of rotatable bonds is 5. The van der Waals surface area contributed by atoms with Crippen molar-refractivity contribution in [1.82, 2.24) is 0 Å². The summed E-state index contributed by atoms with van der Waals surface area (Å²) < 4.78 is 5.12. The number of nitrogens with one attached hydrogen (secondary N) is 1. The highest BCUT2D eigenvalue weighted by Gasteiger charge is 2.50. The van der Waals surface area contributed by atoms with E-state index in [0.717, 1.165) is 11.1 Å². The van der Waals surface area contributed by atoms with Crippen molar-refractivity contribution in [3.63, 3.8) is 0 Å². The van der Waals surface area contributed by atoms with Crippen molar-refractivity contribution in [3.05, 3.63) is 71.3 Å². The molecule has 3 amide bonds. The van der Waals surface area contributed by atoms with Gasteiger partial charge in [-0.05, 0) is 62.1 Å². The predicted molar refractivity (Wildman–Crippen MR) is 124 cm³/mol. The molecule has 1 aliphatic carbocycles. The minimum atomic E-state index is -0.664. The molecule has 0 aromatic heterocycles. The van der Waals surface area contributed by atoms with Gasteiger partial charge < -0.3 is 10.1 Å². The van der Waals surface area contributed by atoms with E-state index in [1.807, 2.05) is 45.1 Å². The van der Waals surface area contributed by atoms with E-state index in [0.29, 0.717) is 17.8 Å². The third kappa shape index (κ3) is 4.44. The Kier molecular flexibility index (Phi) is 6.14. The average molecular weight is 447 g/mol. The summed E-state index contributed by atoms with van der Waals surface area (Å²) in [4.78, 5) is 51.4. The van der Waals surface area contributed by atoms with E-state index < -0.39 is 18.5 Å². The molecule has 2 aromatic rings. The summed E-state index contributed by atoms with van der Waals surface area (Å²) in [6.45, 7) is 5.37. The van der Waals surface area contributed by atoms with Crippen molar-refractivity contribution in [2.45, 2.75) is 27.2 Å². The van der Waals surface area contributed by atoms with Crippen molar-refractivity contribution < 1.29 is 23.9 Å². The number of carbonyl (C=O) groups excluding carboxylic acids is 4. The smallest absolute Gasteiger partial charge is 0.338 e. The molecule has 0 bridgehead atoms. The first kappa shape index (κ1) is 22.5. The minimum absolute atomic E-state index is 0.00861. The Morgan fingerprint density at radius 1 is 1.06 bits per heavy atom. The largest absolute Gasteiger partial charge is 0.452 e. The van der Waals surface area contributed by atoms with Gasteiger partial charge in [0, 0.05) is 5.69 Å². The second-order valence-corrected chi connectivity index (χ2v) is 8.66. The van der Waals surface area contributed by atoms with Gasteiger partial charge in [0.2, 0.25) is 11.8 Å². The molecule has 0 radical (unpaired) electrons. The number of hydrogen-bond donors (Lipinski definition) is 1. The summed E-state index contributed by atoms with van der Waals surface area (Å²) in [5.74, 6) is -2.19. The highest BCUT2D eigenvalue weighted by molar-refractivity contribution is 6.22. The maximum atomic E-state index is 12.9. The second kappa shape index (κ2) is 9.02. The number of fused-ring (bicyclic) bond motifs is 1. The number of ether oxygens (including phenoxy) is 1. The summed E-state index contributed by atoms with van der Waals surface area (Å²) in [6.07, 6.45) is 4.49. The van der Waals surface area contributed by atoms with E-state index in [4.69, 9.17) is 4.74 Å². The van der Waals surface area contributed by atoms with E-state index in [1.165, 1.54) is 17.0 Å². The lowest BCUT2D eigenvalue weighted by Gasteiger charge is -2.22. The van der Waals surface area contributed by atoms with Crippen molar-refractivity contribution >= 4 is 35.1 Å². The van der Waals surface area contributed by atoms with E-state index >= 15 is 0 Å². The fraction of sp³-hybridized carbons (Fsp3) is 0.308. The zero-order valence-corrected chi connectivity index (χ0v) is 18.8. The zero-order valence-electron chi connectivity index (χ0n) is 18.8. The maximum absolute atomic E-state index is 12.9. The van der Waals surface area contributed by atoms with Gasteiger partial charge in [0.25, 0.3) is 5.91 Å². The quantitative estimate of drug-likeness (QED) is 0.428. The molecule has 1 N–H and O–H groups in total. The molecule has 1 heterocycles. The molecular weight excluding hydrogens is 420 g/mol. The topological polar surface area (TPSA) is 92.8 Å². The Labute approximate surface area is 192 Å². The normalized spacial score (nSPS) is 21.7. The number of amides is 3. The van der Waals surface area contributed by atoms with Gasteiger partial charge in [-0.3, -0.25) is 19.3 Å². The molecule has 7 nitrogen and oxygen atoms in total. The van der Waals surface area contributed by atoms with Crippen LogP contribution in [0.25, 0.3) is 0 Å². The Hall–Kier alpha value is -3.74. The highest BCUT2D eigenvalue weighted by atomic mass is 16.5. The van der Waals surface area contributed by atoms with Crippen molar-refractivity contribution in [2.24, 2.45) is 17.8 Å². The lowest BCUT2D eigenvalue weighted by Crippen LogP contribution is -2.31. The van der Waals surface area contributed by atoms with E-state index in [2.05, 4.69) is 5.32 Å². The summed E-state index contributed by atoms with van der Waals surface area (Å²) in [5.41, 5.74) is 3.32. The maximum Gasteiger partial charge on any atom is 0.338 e. The number of anilines is 2. The number of nitrogens with zero attached hydrogens (tertiary/aromatic N) is 1. The van der Waals surface area contributed by atoms with Crippen LogP contribution in [0, 0.1) is 31.6 Å². The van der Waals surface area contributed by atoms with Crippen LogP contribution in [0.2, 0.25) is 0 Å². The fourth-order valence-electron chi connectivity index (χ4n) is 4.50. The SMILES string of the molecule is Cc1ccc(NC(=O)COC(=O)c2ccc(N3C(=O)[C@@H]4[C@H](C)C=CC[C@H]4C3=O)cc2)c(C)c1. The number of hydrogen-bond acceptors (Lipinski definition) is 5. The lowest BCUT2D eigenvalue weighted by molar-refractivity contribution is -0.123. The van der Waals surface area contributed by atoms with E-state index in [-0.39, 0.29) is 35.1 Å². The molecule has 2 aromatic carbocycles. The van der Waals surface area contributed by atoms with Gasteiger partial charge in [-0.25, -0.2) is 4.79 Å².